The number of methoxy groups -OCH3 is 1. The fraction of sp³-hybridized carbons (Fsp3) is 0.545. The summed E-state index contributed by atoms with van der Waals surface area (Å²) in [6.07, 6.45) is 2.34. The Morgan fingerprint density at radius 3 is 2.29 bits per heavy atom. The number of carbonyl (C=O) groups excluding carboxylic acids is 1. The highest BCUT2D eigenvalue weighted by Crippen LogP contribution is 2.16. The lowest BCUT2D eigenvalue weighted by Gasteiger charge is -2.07. The standard InChI is InChI=1S/C11H18O3/c1-9(5-4-8-12)10(2)6-7-11(13)14-3/h12H,1-2,4-8H2,3H3. The zero-order valence-electron chi connectivity index (χ0n) is 8.71. The fourth-order valence-electron chi connectivity index (χ4n) is 1.00. The van der Waals surface area contributed by atoms with E-state index >= 15 is 0 Å². The molecule has 0 atom stereocenters. The fourth-order valence-corrected chi connectivity index (χ4v) is 1.00. The van der Waals surface area contributed by atoms with Crippen LogP contribution in [0.4, 0.5) is 0 Å². The van der Waals surface area contributed by atoms with Crippen molar-refractivity contribution >= 4 is 5.97 Å². The van der Waals surface area contributed by atoms with Gasteiger partial charge in [-0.1, -0.05) is 24.3 Å². The molecule has 1 N–H and O–H groups in total. The highest BCUT2D eigenvalue weighted by Gasteiger charge is 2.04. The van der Waals surface area contributed by atoms with Crippen LogP contribution in [0.5, 0.6) is 0 Å². The zero-order valence-corrected chi connectivity index (χ0v) is 8.71. The molecule has 0 bridgehead atoms. The molecule has 3 heteroatoms. The number of allylic oxidation sites excluding steroid dienone is 2. The second-order valence-corrected chi connectivity index (χ2v) is 3.11. The maximum absolute atomic E-state index is 10.8. The molecule has 0 radical (unpaired) electrons. The predicted octanol–water partition coefficient (Wildman–Crippen LogP) is 1.82. The molecule has 3 nitrogen and oxygen atoms in total. The molecule has 0 aliphatic rings. The minimum absolute atomic E-state index is 0.156. The first-order chi connectivity index (χ1) is 6.61. The van der Waals surface area contributed by atoms with E-state index in [4.69, 9.17) is 5.11 Å². The molecule has 0 fully saturated rings. The lowest BCUT2D eigenvalue weighted by Crippen LogP contribution is -2.01. The second kappa shape index (κ2) is 7.33. The van der Waals surface area contributed by atoms with E-state index in [1.54, 1.807) is 0 Å². The lowest BCUT2D eigenvalue weighted by atomic mass is 10.0. The largest absolute Gasteiger partial charge is 0.469 e. The van der Waals surface area contributed by atoms with Crippen LogP contribution in [0.2, 0.25) is 0 Å². The van der Waals surface area contributed by atoms with Crippen LogP contribution < -0.4 is 0 Å². The molecular formula is C11H18O3. The minimum atomic E-state index is -0.235. The van der Waals surface area contributed by atoms with Crippen LogP contribution in [0.3, 0.4) is 0 Å². The molecule has 0 aromatic heterocycles. The Kier molecular flexibility index (Phi) is 6.76. The van der Waals surface area contributed by atoms with Gasteiger partial charge < -0.3 is 9.84 Å². The molecule has 0 aliphatic heterocycles. The molecule has 0 heterocycles. The van der Waals surface area contributed by atoms with Crippen molar-refractivity contribution in [2.45, 2.75) is 25.7 Å². The van der Waals surface area contributed by atoms with Crippen molar-refractivity contribution < 1.29 is 14.6 Å². The third-order valence-corrected chi connectivity index (χ3v) is 2.00. The summed E-state index contributed by atoms with van der Waals surface area (Å²) in [4.78, 5) is 10.8. The molecule has 0 spiro atoms. The number of ether oxygens (including phenoxy) is 1. The van der Waals surface area contributed by atoms with Crippen LogP contribution in [0.15, 0.2) is 24.3 Å². The van der Waals surface area contributed by atoms with Crippen LogP contribution in [-0.4, -0.2) is 24.8 Å². The number of aliphatic hydroxyl groups is 1. The minimum Gasteiger partial charge on any atom is -0.469 e. The van der Waals surface area contributed by atoms with E-state index < -0.39 is 0 Å². The maximum Gasteiger partial charge on any atom is 0.305 e. The number of aliphatic hydroxyl groups excluding tert-OH is 1. The molecule has 14 heavy (non-hydrogen) atoms. The average molecular weight is 198 g/mol. The average Bonchev–Trinajstić information content (AvgIpc) is 2.21. The van der Waals surface area contributed by atoms with Crippen molar-refractivity contribution in [3.63, 3.8) is 0 Å². The van der Waals surface area contributed by atoms with E-state index in [2.05, 4.69) is 17.9 Å². The van der Waals surface area contributed by atoms with Gasteiger partial charge in [0.15, 0.2) is 0 Å². The van der Waals surface area contributed by atoms with Crippen molar-refractivity contribution in [1.82, 2.24) is 0 Å². The Balaban J connectivity index is 3.73. The number of carbonyl (C=O) groups is 1. The molecule has 0 rings (SSSR count). The normalized spacial score (nSPS) is 9.57. The summed E-state index contributed by atoms with van der Waals surface area (Å²) in [5, 5.41) is 8.61. The first-order valence-corrected chi connectivity index (χ1v) is 4.65. The van der Waals surface area contributed by atoms with Gasteiger partial charge in [0.25, 0.3) is 0 Å². The van der Waals surface area contributed by atoms with Crippen molar-refractivity contribution in [3.05, 3.63) is 24.3 Å². The quantitative estimate of drug-likeness (QED) is 0.501. The van der Waals surface area contributed by atoms with Gasteiger partial charge >= 0.3 is 5.97 Å². The summed E-state index contributed by atoms with van der Waals surface area (Å²) < 4.78 is 4.51. The van der Waals surface area contributed by atoms with E-state index in [1.807, 2.05) is 0 Å². The summed E-state index contributed by atoms with van der Waals surface area (Å²) in [6, 6.07) is 0. The SMILES string of the molecule is C=C(CCCO)C(=C)CCC(=O)OC. The summed E-state index contributed by atoms with van der Waals surface area (Å²) in [5.41, 5.74) is 1.77. The van der Waals surface area contributed by atoms with Crippen LogP contribution >= 0.6 is 0 Å². The maximum atomic E-state index is 10.8. The van der Waals surface area contributed by atoms with Gasteiger partial charge in [-0.25, -0.2) is 0 Å². The Morgan fingerprint density at radius 1 is 1.21 bits per heavy atom. The van der Waals surface area contributed by atoms with Gasteiger partial charge in [0.05, 0.1) is 7.11 Å². The molecule has 0 aromatic rings. The van der Waals surface area contributed by atoms with Crippen LogP contribution in [0.25, 0.3) is 0 Å². The first kappa shape index (κ1) is 12.9. The Hall–Kier alpha value is -1.09. The van der Waals surface area contributed by atoms with Gasteiger partial charge in [-0.2, -0.15) is 0 Å². The third kappa shape index (κ3) is 5.54. The smallest absolute Gasteiger partial charge is 0.305 e. The monoisotopic (exact) mass is 198 g/mol. The number of hydrogen-bond donors (Lipinski definition) is 1. The van der Waals surface area contributed by atoms with Crippen LogP contribution in [0.1, 0.15) is 25.7 Å². The first-order valence-electron chi connectivity index (χ1n) is 4.65. The second-order valence-electron chi connectivity index (χ2n) is 3.11. The van der Waals surface area contributed by atoms with Gasteiger partial charge in [-0.05, 0) is 19.3 Å². The molecule has 0 unspecified atom stereocenters. The number of rotatable bonds is 7. The summed E-state index contributed by atoms with van der Waals surface area (Å²) in [5.74, 6) is -0.235. The Labute approximate surface area is 85.1 Å². The third-order valence-electron chi connectivity index (χ3n) is 2.00. The Morgan fingerprint density at radius 2 is 1.79 bits per heavy atom. The van der Waals surface area contributed by atoms with E-state index in [-0.39, 0.29) is 12.6 Å². The van der Waals surface area contributed by atoms with E-state index in [0.29, 0.717) is 19.3 Å². The van der Waals surface area contributed by atoms with Gasteiger partial charge in [0, 0.05) is 13.0 Å². The van der Waals surface area contributed by atoms with Crippen LogP contribution in [0, 0.1) is 0 Å². The van der Waals surface area contributed by atoms with E-state index in [0.717, 1.165) is 17.6 Å². The van der Waals surface area contributed by atoms with Crippen molar-refractivity contribution in [1.29, 1.82) is 0 Å². The lowest BCUT2D eigenvalue weighted by molar-refractivity contribution is -0.140. The molecule has 0 saturated heterocycles. The van der Waals surface area contributed by atoms with Gasteiger partial charge in [-0.15, -0.1) is 0 Å². The summed E-state index contributed by atoms with van der Waals surface area (Å²) >= 11 is 0. The molecule has 0 aliphatic carbocycles. The predicted molar refractivity (Wildman–Crippen MR) is 55.8 cm³/mol. The number of esters is 1. The highest BCUT2D eigenvalue weighted by molar-refractivity contribution is 5.69. The Bertz CT molecular complexity index is 219. The summed E-state index contributed by atoms with van der Waals surface area (Å²) in [7, 11) is 1.37. The molecule has 80 valence electrons. The van der Waals surface area contributed by atoms with Gasteiger partial charge in [0.2, 0.25) is 0 Å². The van der Waals surface area contributed by atoms with Gasteiger partial charge in [0.1, 0.15) is 0 Å². The van der Waals surface area contributed by atoms with Crippen molar-refractivity contribution in [2.75, 3.05) is 13.7 Å². The van der Waals surface area contributed by atoms with E-state index in [1.165, 1.54) is 7.11 Å². The number of hydrogen-bond acceptors (Lipinski definition) is 3. The molecule has 0 aromatic carbocycles. The molecule has 0 saturated carbocycles. The van der Waals surface area contributed by atoms with Crippen molar-refractivity contribution in [2.24, 2.45) is 0 Å². The highest BCUT2D eigenvalue weighted by atomic mass is 16.5. The van der Waals surface area contributed by atoms with E-state index in [9.17, 15) is 4.79 Å². The zero-order chi connectivity index (χ0) is 11.0. The van der Waals surface area contributed by atoms with Crippen LogP contribution in [-0.2, 0) is 9.53 Å². The van der Waals surface area contributed by atoms with Gasteiger partial charge in [-0.3, -0.25) is 4.79 Å². The molecular weight excluding hydrogens is 180 g/mol. The van der Waals surface area contributed by atoms with Crippen molar-refractivity contribution in [3.8, 4) is 0 Å². The molecule has 0 amide bonds. The topological polar surface area (TPSA) is 46.5 Å². The summed E-state index contributed by atoms with van der Waals surface area (Å²) in [6.45, 7) is 7.81.